The summed E-state index contributed by atoms with van der Waals surface area (Å²) in [6, 6.07) is 6.32. The van der Waals surface area contributed by atoms with Crippen LogP contribution < -0.4 is 15.5 Å². The van der Waals surface area contributed by atoms with Crippen molar-refractivity contribution in [2.75, 3.05) is 30.4 Å². The number of aromatic nitrogens is 2. The van der Waals surface area contributed by atoms with Crippen molar-refractivity contribution in [3.8, 4) is 0 Å². The van der Waals surface area contributed by atoms with Gasteiger partial charge >= 0.3 is 12.1 Å². The van der Waals surface area contributed by atoms with Crippen molar-refractivity contribution >= 4 is 23.4 Å². The third kappa shape index (κ3) is 4.18. The minimum absolute atomic E-state index is 0.0254. The first-order valence-corrected chi connectivity index (χ1v) is 8.88. The molecule has 0 spiro atoms. The van der Waals surface area contributed by atoms with Crippen LogP contribution in [0.2, 0.25) is 0 Å². The van der Waals surface area contributed by atoms with Gasteiger partial charge in [-0.3, -0.25) is 4.90 Å². The molecule has 1 saturated heterocycles. The van der Waals surface area contributed by atoms with Crippen LogP contribution in [-0.2, 0) is 0 Å². The van der Waals surface area contributed by atoms with E-state index >= 15 is 0 Å². The number of nitrogens with one attached hydrogen (secondary N) is 2. The molecule has 0 unspecified atom stereocenters. The molecule has 2 heterocycles. The zero-order valence-corrected chi connectivity index (χ0v) is 15.9. The zero-order valence-electron chi connectivity index (χ0n) is 15.9. The summed E-state index contributed by atoms with van der Waals surface area (Å²) in [5, 5.41) is 13.4. The second-order valence-electron chi connectivity index (χ2n) is 6.86. The topological polar surface area (TPSA) is 104 Å². The molecule has 9 nitrogen and oxygen atoms in total. The molecule has 0 bridgehead atoms. The van der Waals surface area contributed by atoms with Gasteiger partial charge in [0.1, 0.15) is 6.04 Å². The van der Waals surface area contributed by atoms with E-state index in [1.165, 1.54) is 0 Å². The van der Waals surface area contributed by atoms with Crippen LogP contribution in [0.3, 0.4) is 0 Å². The van der Waals surface area contributed by atoms with Gasteiger partial charge in [-0.05, 0) is 31.2 Å². The van der Waals surface area contributed by atoms with Crippen LogP contribution in [0, 0.1) is 0 Å². The van der Waals surface area contributed by atoms with Crippen molar-refractivity contribution in [3.05, 3.63) is 36.0 Å². The highest BCUT2D eigenvalue weighted by atomic mass is 16.4. The van der Waals surface area contributed by atoms with Crippen molar-refractivity contribution in [1.29, 1.82) is 0 Å². The van der Waals surface area contributed by atoms with E-state index in [0.717, 1.165) is 5.69 Å². The lowest BCUT2D eigenvalue weighted by molar-refractivity contribution is 0.229. The molecule has 1 aromatic heterocycles. The summed E-state index contributed by atoms with van der Waals surface area (Å²) in [6.07, 6.45) is 0. The lowest BCUT2D eigenvalue weighted by atomic mass is 10.2. The Morgan fingerprint density at radius 3 is 2.33 bits per heavy atom. The number of nitrogens with zero attached hydrogens (tertiary/aromatic N) is 4. The molecule has 0 saturated carbocycles. The van der Waals surface area contributed by atoms with Gasteiger partial charge < -0.3 is 20.0 Å². The highest BCUT2D eigenvalue weighted by Crippen LogP contribution is 2.22. The van der Waals surface area contributed by atoms with Crippen molar-refractivity contribution in [3.63, 3.8) is 0 Å². The Morgan fingerprint density at radius 1 is 1.11 bits per heavy atom. The lowest BCUT2D eigenvalue weighted by Crippen LogP contribution is -2.31. The summed E-state index contributed by atoms with van der Waals surface area (Å²) in [6.45, 7) is 7.05. The molecule has 144 valence electrons. The summed E-state index contributed by atoms with van der Waals surface area (Å²) >= 11 is 0. The molecule has 2 N–H and O–H groups in total. The van der Waals surface area contributed by atoms with Crippen LogP contribution in [-0.4, -0.2) is 47.3 Å². The number of benzene rings is 1. The summed E-state index contributed by atoms with van der Waals surface area (Å²) in [4.78, 5) is 27.6. The van der Waals surface area contributed by atoms with Gasteiger partial charge in [-0.1, -0.05) is 13.8 Å². The Labute approximate surface area is 157 Å². The number of rotatable bonds is 5. The first-order valence-electron chi connectivity index (χ1n) is 8.88. The van der Waals surface area contributed by atoms with E-state index in [1.807, 2.05) is 26.0 Å². The fourth-order valence-electron chi connectivity index (χ4n) is 2.69. The highest BCUT2D eigenvalue weighted by molar-refractivity contribution is 5.94. The molecule has 2 aromatic rings. The average Bonchev–Trinajstić information content (AvgIpc) is 3.24. The number of hydrogen-bond acceptors (Lipinski definition) is 5. The number of hydrogen-bond donors (Lipinski definition) is 2. The number of carbonyl (C=O) groups excluding carboxylic acids is 2. The largest absolute Gasteiger partial charge is 0.423 e. The summed E-state index contributed by atoms with van der Waals surface area (Å²) < 4.78 is 5.54. The van der Waals surface area contributed by atoms with Crippen LogP contribution in [0.4, 0.5) is 21.0 Å². The van der Waals surface area contributed by atoms with E-state index < -0.39 is 6.04 Å². The maximum atomic E-state index is 12.2. The molecular formula is C18H24N6O3. The molecule has 1 aliphatic heterocycles. The normalized spacial score (nSPS) is 15.4. The molecule has 1 aliphatic rings. The van der Waals surface area contributed by atoms with E-state index in [0.29, 0.717) is 30.6 Å². The second kappa shape index (κ2) is 7.65. The minimum Gasteiger partial charge on any atom is -0.423 e. The number of urea groups is 2. The van der Waals surface area contributed by atoms with Crippen molar-refractivity contribution < 1.29 is 14.0 Å². The Balaban J connectivity index is 1.56. The maximum absolute atomic E-state index is 12.2. The summed E-state index contributed by atoms with van der Waals surface area (Å²) in [7, 11) is 1.78. The molecule has 9 heteroatoms. The lowest BCUT2D eigenvalue weighted by Gasteiger charge is -2.17. The monoisotopic (exact) mass is 372 g/mol. The van der Waals surface area contributed by atoms with Crippen LogP contribution >= 0.6 is 0 Å². The van der Waals surface area contributed by atoms with Gasteiger partial charge in [-0.15, -0.1) is 10.2 Å². The minimum atomic E-state index is -0.415. The van der Waals surface area contributed by atoms with E-state index in [-0.39, 0.29) is 18.0 Å². The van der Waals surface area contributed by atoms with E-state index in [2.05, 4.69) is 20.8 Å². The van der Waals surface area contributed by atoms with Crippen molar-refractivity contribution in [1.82, 2.24) is 20.4 Å². The number of carbonyl (C=O) groups is 2. The molecule has 0 radical (unpaired) electrons. The van der Waals surface area contributed by atoms with E-state index in [4.69, 9.17) is 4.42 Å². The van der Waals surface area contributed by atoms with Gasteiger partial charge in [0.25, 0.3) is 0 Å². The summed E-state index contributed by atoms with van der Waals surface area (Å²) in [5.74, 6) is 1.03. The van der Waals surface area contributed by atoms with Gasteiger partial charge in [-0.2, -0.15) is 0 Å². The fourth-order valence-corrected chi connectivity index (χ4v) is 2.69. The highest BCUT2D eigenvalue weighted by Gasteiger charge is 2.26. The third-order valence-electron chi connectivity index (χ3n) is 4.32. The standard InChI is InChI=1S/C18H24N6O3/c1-11(2)15-21-22-16(27-15)12(3)19-17(25)20-13-5-7-14(8-6-13)24-10-9-23(4)18(24)26/h5-8,11-12H,9-10H2,1-4H3,(H2,19,20,25)/t12-/m0/s1. The molecule has 1 aromatic carbocycles. The van der Waals surface area contributed by atoms with Gasteiger partial charge in [0.05, 0.1) is 0 Å². The summed E-state index contributed by atoms with van der Waals surface area (Å²) in [5.41, 5.74) is 1.42. The van der Waals surface area contributed by atoms with Gasteiger partial charge in [-0.25, -0.2) is 9.59 Å². The first-order chi connectivity index (χ1) is 12.8. The SMILES string of the molecule is CC(C)c1nnc([C@H](C)NC(=O)Nc2ccc(N3CCN(C)C3=O)cc2)o1. The Morgan fingerprint density at radius 2 is 1.78 bits per heavy atom. The molecule has 1 atom stereocenters. The molecule has 27 heavy (non-hydrogen) atoms. The van der Waals surface area contributed by atoms with Gasteiger partial charge in [0.2, 0.25) is 11.8 Å². The van der Waals surface area contributed by atoms with Gasteiger partial charge in [0.15, 0.2) is 0 Å². The van der Waals surface area contributed by atoms with Crippen LogP contribution in [0.15, 0.2) is 28.7 Å². The third-order valence-corrected chi connectivity index (χ3v) is 4.32. The maximum Gasteiger partial charge on any atom is 0.324 e. The predicted octanol–water partition coefficient (Wildman–Crippen LogP) is 2.95. The molecular weight excluding hydrogens is 348 g/mol. The number of anilines is 2. The predicted molar refractivity (Wildman–Crippen MR) is 101 cm³/mol. The van der Waals surface area contributed by atoms with Crippen LogP contribution in [0.1, 0.15) is 44.5 Å². The number of amides is 4. The average molecular weight is 372 g/mol. The Hall–Kier alpha value is -3.10. The molecule has 3 rings (SSSR count). The Kier molecular flexibility index (Phi) is 5.29. The fraction of sp³-hybridized carbons (Fsp3) is 0.444. The van der Waals surface area contributed by atoms with Crippen molar-refractivity contribution in [2.24, 2.45) is 0 Å². The van der Waals surface area contributed by atoms with Crippen LogP contribution in [0.25, 0.3) is 0 Å². The molecule has 4 amide bonds. The zero-order chi connectivity index (χ0) is 19.6. The first kappa shape index (κ1) is 18.7. The molecule has 1 fully saturated rings. The quantitative estimate of drug-likeness (QED) is 0.840. The smallest absolute Gasteiger partial charge is 0.324 e. The molecule has 0 aliphatic carbocycles. The van der Waals surface area contributed by atoms with E-state index in [1.54, 1.807) is 35.9 Å². The van der Waals surface area contributed by atoms with Gasteiger partial charge in [0, 0.05) is 37.4 Å². The Bertz CT molecular complexity index is 817. The van der Waals surface area contributed by atoms with E-state index in [9.17, 15) is 9.59 Å². The second-order valence-corrected chi connectivity index (χ2v) is 6.86. The van der Waals surface area contributed by atoms with Crippen LogP contribution in [0.5, 0.6) is 0 Å². The van der Waals surface area contributed by atoms with Crippen molar-refractivity contribution in [2.45, 2.75) is 32.7 Å². The number of likely N-dealkylation sites (N-methyl/N-ethyl adjacent to an activating group) is 1.